The highest BCUT2D eigenvalue weighted by atomic mass is 16.3. The van der Waals surface area contributed by atoms with Crippen molar-refractivity contribution in [2.24, 2.45) is 0 Å². The molecule has 1 fully saturated rings. The molecule has 7 heteroatoms. The lowest BCUT2D eigenvalue weighted by atomic mass is 10.1. The number of rotatable bonds is 5. The summed E-state index contributed by atoms with van der Waals surface area (Å²) in [7, 11) is 0. The minimum absolute atomic E-state index is 0.174. The maximum Gasteiger partial charge on any atom is 0.224 e. The molecular formula is C16H24N6O. The number of aliphatic hydroxyl groups excluding tert-OH is 1. The number of aryl methyl sites for hydroxylation is 2. The standard InChI is InChI=1S/C16H24N6O/c1-11-14(12(2)21-20-11)3-7-17-16-18-8-4-15(19-16)22-9-5-13(23)6-10-22/h4,8,13,23H,3,5-7,9-10H2,1-2H3,(H,20,21)(H,17,18,19). The molecule has 3 N–H and O–H groups in total. The maximum absolute atomic E-state index is 9.60. The molecule has 0 unspecified atom stereocenters. The van der Waals surface area contributed by atoms with Crippen LogP contribution in [-0.2, 0) is 6.42 Å². The molecule has 1 saturated heterocycles. The summed E-state index contributed by atoms with van der Waals surface area (Å²) in [5, 5.41) is 20.1. The fraction of sp³-hybridized carbons (Fsp3) is 0.562. The summed E-state index contributed by atoms with van der Waals surface area (Å²) in [6, 6.07) is 1.92. The number of H-pyrrole nitrogens is 1. The van der Waals surface area contributed by atoms with Crippen LogP contribution in [0.15, 0.2) is 12.3 Å². The van der Waals surface area contributed by atoms with Crippen molar-refractivity contribution in [3.63, 3.8) is 0 Å². The molecule has 0 spiro atoms. The lowest BCUT2D eigenvalue weighted by Gasteiger charge is -2.30. The van der Waals surface area contributed by atoms with E-state index in [9.17, 15) is 5.11 Å². The molecule has 3 heterocycles. The Morgan fingerprint density at radius 3 is 2.83 bits per heavy atom. The van der Waals surface area contributed by atoms with Gasteiger partial charge in [0.2, 0.25) is 5.95 Å². The molecule has 23 heavy (non-hydrogen) atoms. The number of hydrogen-bond acceptors (Lipinski definition) is 6. The third-order valence-corrected chi connectivity index (χ3v) is 4.37. The monoisotopic (exact) mass is 316 g/mol. The van der Waals surface area contributed by atoms with E-state index in [0.717, 1.165) is 56.1 Å². The largest absolute Gasteiger partial charge is 0.393 e. The number of anilines is 2. The van der Waals surface area contributed by atoms with Gasteiger partial charge in [-0.25, -0.2) is 4.98 Å². The number of nitrogens with one attached hydrogen (secondary N) is 2. The molecule has 124 valence electrons. The first-order valence-electron chi connectivity index (χ1n) is 8.14. The highest BCUT2D eigenvalue weighted by Crippen LogP contribution is 2.18. The van der Waals surface area contributed by atoms with Crippen molar-refractivity contribution in [1.82, 2.24) is 20.2 Å². The minimum Gasteiger partial charge on any atom is -0.393 e. The van der Waals surface area contributed by atoms with Gasteiger partial charge < -0.3 is 15.3 Å². The van der Waals surface area contributed by atoms with Crippen molar-refractivity contribution in [2.45, 2.75) is 39.2 Å². The lowest BCUT2D eigenvalue weighted by molar-refractivity contribution is 0.145. The molecule has 0 aliphatic carbocycles. The molecule has 2 aromatic rings. The van der Waals surface area contributed by atoms with Crippen LogP contribution >= 0.6 is 0 Å². The average Bonchev–Trinajstić information content (AvgIpc) is 2.88. The molecule has 7 nitrogen and oxygen atoms in total. The maximum atomic E-state index is 9.60. The van der Waals surface area contributed by atoms with Gasteiger partial charge in [-0.05, 0) is 44.7 Å². The molecule has 3 rings (SSSR count). The molecule has 1 aliphatic rings. The van der Waals surface area contributed by atoms with Crippen molar-refractivity contribution < 1.29 is 5.11 Å². The highest BCUT2D eigenvalue weighted by molar-refractivity contribution is 5.43. The van der Waals surface area contributed by atoms with Crippen LogP contribution in [0.2, 0.25) is 0 Å². The van der Waals surface area contributed by atoms with Crippen molar-refractivity contribution in [2.75, 3.05) is 29.9 Å². The summed E-state index contributed by atoms with van der Waals surface area (Å²) in [5.74, 6) is 1.57. The first-order valence-corrected chi connectivity index (χ1v) is 8.14. The van der Waals surface area contributed by atoms with Gasteiger partial charge in [-0.15, -0.1) is 0 Å². The summed E-state index contributed by atoms with van der Waals surface area (Å²) in [4.78, 5) is 11.1. The van der Waals surface area contributed by atoms with Gasteiger partial charge >= 0.3 is 0 Å². The number of aromatic amines is 1. The lowest BCUT2D eigenvalue weighted by Crippen LogP contribution is -2.36. The zero-order chi connectivity index (χ0) is 16.2. The third kappa shape index (κ3) is 3.79. The molecule has 0 bridgehead atoms. The molecular weight excluding hydrogens is 292 g/mol. The van der Waals surface area contributed by atoms with Crippen LogP contribution in [0.25, 0.3) is 0 Å². The molecule has 0 atom stereocenters. The zero-order valence-electron chi connectivity index (χ0n) is 13.7. The van der Waals surface area contributed by atoms with Gasteiger partial charge in [0.1, 0.15) is 5.82 Å². The van der Waals surface area contributed by atoms with Gasteiger partial charge in [-0.1, -0.05) is 0 Å². The van der Waals surface area contributed by atoms with E-state index >= 15 is 0 Å². The fourth-order valence-electron chi connectivity index (χ4n) is 2.95. The second-order valence-electron chi connectivity index (χ2n) is 6.05. The number of piperidine rings is 1. The number of aromatic nitrogens is 4. The van der Waals surface area contributed by atoms with Crippen LogP contribution in [-0.4, -0.2) is 51.0 Å². The Kier molecular flexibility index (Phi) is 4.76. The average molecular weight is 316 g/mol. The topological polar surface area (TPSA) is 90.0 Å². The Bertz CT molecular complexity index is 628. The van der Waals surface area contributed by atoms with E-state index in [-0.39, 0.29) is 6.10 Å². The number of nitrogens with zero attached hydrogens (tertiary/aromatic N) is 4. The summed E-state index contributed by atoms with van der Waals surface area (Å²) in [6.07, 6.45) is 4.09. The van der Waals surface area contributed by atoms with Gasteiger partial charge in [0, 0.05) is 31.5 Å². The Balaban J connectivity index is 1.57. The van der Waals surface area contributed by atoms with Gasteiger partial charge in [0.05, 0.1) is 11.8 Å². The Hall–Kier alpha value is -2.15. The minimum atomic E-state index is -0.174. The van der Waals surface area contributed by atoms with Crippen LogP contribution in [0, 0.1) is 13.8 Å². The molecule has 2 aromatic heterocycles. The molecule has 0 saturated carbocycles. The van der Waals surface area contributed by atoms with Crippen molar-refractivity contribution >= 4 is 11.8 Å². The normalized spacial score (nSPS) is 15.9. The highest BCUT2D eigenvalue weighted by Gasteiger charge is 2.18. The second-order valence-corrected chi connectivity index (χ2v) is 6.05. The van der Waals surface area contributed by atoms with E-state index in [1.807, 2.05) is 19.9 Å². The van der Waals surface area contributed by atoms with E-state index in [1.165, 1.54) is 5.56 Å². The van der Waals surface area contributed by atoms with Crippen LogP contribution < -0.4 is 10.2 Å². The van der Waals surface area contributed by atoms with E-state index < -0.39 is 0 Å². The van der Waals surface area contributed by atoms with Crippen LogP contribution in [0.3, 0.4) is 0 Å². The van der Waals surface area contributed by atoms with E-state index in [1.54, 1.807) is 6.20 Å². The predicted molar refractivity (Wildman–Crippen MR) is 89.7 cm³/mol. The first kappa shape index (κ1) is 15.7. The molecule has 1 aliphatic heterocycles. The molecule has 0 radical (unpaired) electrons. The van der Waals surface area contributed by atoms with E-state index in [4.69, 9.17) is 0 Å². The summed E-state index contributed by atoms with van der Waals surface area (Å²) in [6.45, 7) is 6.50. The smallest absolute Gasteiger partial charge is 0.224 e. The number of aliphatic hydroxyl groups is 1. The van der Waals surface area contributed by atoms with Crippen molar-refractivity contribution in [3.05, 3.63) is 29.2 Å². The Morgan fingerprint density at radius 2 is 2.13 bits per heavy atom. The quantitative estimate of drug-likeness (QED) is 0.773. The predicted octanol–water partition coefficient (Wildman–Crippen LogP) is 1.43. The zero-order valence-corrected chi connectivity index (χ0v) is 13.7. The SMILES string of the molecule is Cc1n[nH]c(C)c1CCNc1nccc(N2CCC(O)CC2)n1. The fourth-order valence-corrected chi connectivity index (χ4v) is 2.95. The van der Waals surface area contributed by atoms with Gasteiger partial charge in [0.25, 0.3) is 0 Å². The van der Waals surface area contributed by atoms with Crippen LogP contribution in [0.5, 0.6) is 0 Å². The molecule has 0 amide bonds. The second kappa shape index (κ2) is 6.95. The Morgan fingerprint density at radius 1 is 1.35 bits per heavy atom. The molecule has 0 aromatic carbocycles. The van der Waals surface area contributed by atoms with Gasteiger partial charge in [0.15, 0.2) is 0 Å². The van der Waals surface area contributed by atoms with Crippen molar-refractivity contribution in [1.29, 1.82) is 0 Å². The van der Waals surface area contributed by atoms with E-state index in [0.29, 0.717) is 5.95 Å². The Labute approximate surface area is 136 Å². The first-order chi connectivity index (χ1) is 11.1. The third-order valence-electron chi connectivity index (χ3n) is 4.37. The summed E-state index contributed by atoms with van der Waals surface area (Å²) in [5.41, 5.74) is 3.41. The van der Waals surface area contributed by atoms with E-state index in [2.05, 4.69) is 30.4 Å². The van der Waals surface area contributed by atoms with Crippen LogP contribution in [0.4, 0.5) is 11.8 Å². The van der Waals surface area contributed by atoms with Gasteiger partial charge in [-0.3, -0.25) is 5.10 Å². The summed E-state index contributed by atoms with van der Waals surface area (Å²) < 4.78 is 0. The van der Waals surface area contributed by atoms with Crippen LogP contribution in [0.1, 0.15) is 29.8 Å². The summed E-state index contributed by atoms with van der Waals surface area (Å²) >= 11 is 0. The van der Waals surface area contributed by atoms with Gasteiger partial charge in [-0.2, -0.15) is 10.1 Å². The van der Waals surface area contributed by atoms with Crippen molar-refractivity contribution in [3.8, 4) is 0 Å². The number of hydrogen-bond donors (Lipinski definition) is 3.